The van der Waals surface area contributed by atoms with Crippen LogP contribution >= 0.6 is 0 Å². The van der Waals surface area contributed by atoms with Gasteiger partial charge in [-0.2, -0.15) is 0 Å². The fourth-order valence-electron chi connectivity index (χ4n) is 2.34. The highest BCUT2D eigenvalue weighted by Crippen LogP contribution is 2.16. The van der Waals surface area contributed by atoms with Crippen LogP contribution in [0.2, 0.25) is 0 Å². The van der Waals surface area contributed by atoms with E-state index >= 15 is 0 Å². The maximum absolute atomic E-state index is 12.1. The van der Waals surface area contributed by atoms with Gasteiger partial charge in [0.25, 0.3) is 5.91 Å². The summed E-state index contributed by atoms with van der Waals surface area (Å²) in [6, 6.07) is 5.80. The van der Waals surface area contributed by atoms with Crippen molar-refractivity contribution in [1.82, 2.24) is 10.2 Å². The molecule has 0 radical (unpaired) electrons. The molecule has 0 bridgehead atoms. The Hall–Kier alpha value is -1.55. The number of anilines is 1. The largest absolute Gasteiger partial charge is 0.385 e. The molecule has 2 N–H and O–H groups in total. The number of amides is 1. The monoisotopic (exact) mass is 291 g/mol. The molecular weight excluding hydrogens is 262 g/mol. The summed E-state index contributed by atoms with van der Waals surface area (Å²) in [4.78, 5) is 14.5. The minimum Gasteiger partial charge on any atom is -0.385 e. The van der Waals surface area contributed by atoms with E-state index in [1.54, 1.807) is 0 Å². The van der Waals surface area contributed by atoms with Crippen molar-refractivity contribution in [3.05, 3.63) is 29.3 Å². The van der Waals surface area contributed by atoms with E-state index < -0.39 is 0 Å². The summed E-state index contributed by atoms with van der Waals surface area (Å²) in [5.74, 6) is 0.0145. The molecule has 4 nitrogen and oxygen atoms in total. The van der Waals surface area contributed by atoms with E-state index in [-0.39, 0.29) is 5.91 Å². The molecule has 21 heavy (non-hydrogen) atoms. The van der Waals surface area contributed by atoms with Gasteiger partial charge in [0.15, 0.2) is 0 Å². The molecule has 1 aromatic rings. The van der Waals surface area contributed by atoms with Gasteiger partial charge in [0.05, 0.1) is 0 Å². The quantitative estimate of drug-likeness (QED) is 0.688. The lowest BCUT2D eigenvalue weighted by Gasteiger charge is -2.17. The van der Waals surface area contributed by atoms with Crippen LogP contribution in [-0.4, -0.2) is 43.5 Å². The predicted octanol–water partition coefficient (Wildman–Crippen LogP) is 2.89. The van der Waals surface area contributed by atoms with Gasteiger partial charge >= 0.3 is 0 Å². The second-order valence-corrected chi connectivity index (χ2v) is 5.20. The van der Waals surface area contributed by atoms with E-state index in [2.05, 4.69) is 36.3 Å². The topological polar surface area (TPSA) is 44.4 Å². The number of nitrogens with zero attached hydrogens (tertiary/aromatic N) is 1. The van der Waals surface area contributed by atoms with Gasteiger partial charge in [0.2, 0.25) is 0 Å². The standard InChI is InChI=1S/C17H29N3O/c1-5-18-16-10-9-15(13-14(16)4)17(21)19-11-8-12-20(6-2)7-3/h9-10,13,18H,5-8,11-12H2,1-4H3,(H,19,21). The van der Waals surface area contributed by atoms with Crippen LogP contribution in [0.5, 0.6) is 0 Å². The van der Waals surface area contributed by atoms with Gasteiger partial charge in [0, 0.05) is 24.3 Å². The van der Waals surface area contributed by atoms with E-state index in [1.807, 2.05) is 25.1 Å². The average Bonchev–Trinajstić information content (AvgIpc) is 2.49. The molecule has 0 fully saturated rings. The first-order valence-corrected chi connectivity index (χ1v) is 7.97. The van der Waals surface area contributed by atoms with E-state index in [9.17, 15) is 4.79 Å². The molecule has 0 aromatic heterocycles. The number of carbonyl (C=O) groups is 1. The lowest BCUT2D eigenvalue weighted by atomic mass is 10.1. The van der Waals surface area contributed by atoms with Gasteiger partial charge in [-0.15, -0.1) is 0 Å². The number of benzene rings is 1. The van der Waals surface area contributed by atoms with E-state index in [0.717, 1.165) is 56.0 Å². The predicted molar refractivity (Wildman–Crippen MR) is 90.1 cm³/mol. The molecule has 1 amide bonds. The normalized spacial score (nSPS) is 10.7. The molecule has 0 aliphatic carbocycles. The first-order valence-electron chi connectivity index (χ1n) is 7.97. The zero-order valence-electron chi connectivity index (χ0n) is 13.8. The highest BCUT2D eigenvalue weighted by Gasteiger charge is 2.07. The summed E-state index contributed by atoms with van der Waals surface area (Å²) >= 11 is 0. The molecule has 0 aliphatic rings. The zero-order valence-corrected chi connectivity index (χ0v) is 13.8. The van der Waals surface area contributed by atoms with Crippen molar-refractivity contribution in [2.75, 3.05) is 38.0 Å². The number of aryl methyl sites for hydroxylation is 1. The zero-order chi connectivity index (χ0) is 15.7. The third-order valence-corrected chi connectivity index (χ3v) is 3.69. The molecule has 0 unspecified atom stereocenters. The van der Waals surface area contributed by atoms with Crippen LogP contribution in [0.3, 0.4) is 0 Å². The van der Waals surface area contributed by atoms with Crippen LogP contribution in [0.15, 0.2) is 18.2 Å². The van der Waals surface area contributed by atoms with Crippen molar-refractivity contribution < 1.29 is 4.79 Å². The Labute approximate surface area is 128 Å². The van der Waals surface area contributed by atoms with Gasteiger partial charge < -0.3 is 15.5 Å². The third kappa shape index (κ3) is 5.76. The molecule has 0 spiro atoms. The molecule has 0 saturated heterocycles. The van der Waals surface area contributed by atoms with Crippen molar-refractivity contribution in [3.63, 3.8) is 0 Å². The minimum atomic E-state index is 0.0145. The minimum absolute atomic E-state index is 0.0145. The van der Waals surface area contributed by atoms with Crippen LogP contribution in [-0.2, 0) is 0 Å². The first kappa shape index (κ1) is 17.5. The van der Waals surface area contributed by atoms with E-state index in [1.165, 1.54) is 0 Å². The van der Waals surface area contributed by atoms with Crippen molar-refractivity contribution in [2.45, 2.75) is 34.1 Å². The lowest BCUT2D eigenvalue weighted by Crippen LogP contribution is -2.29. The van der Waals surface area contributed by atoms with Crippen LogP contribution in [0, 0.1) is 6.92 Å². The van der Waals surface area contributed by atoms with Crippen LogP contribution < -0.4 is 10.6 Å². The number of carbonyl (C=O) groups excluding carboxylic acids is 1. The number of hydrogen-bond donors (Lipinski definition) is 2. The van der Waals surface area contributed by atoms with Crippen LogP contribution in [0.1, 0.15) is 43.1 Å². The Morgan fingerprint density at radius 2 is 1.90 bits per heavy atom. The summed E-state index contributed by atoms with van der Waals surface area (Å²) in [5, 5.41) is 6.28. The second kappa shape index (κ2) is 9.40. The highest BCUT2D eigenvalue weighted by molar-refractivity contribution is 5.94. The Morgan fingerprint density at radius 1 is 1.19 bits per heavy atom. The summed E-state index contributed by atoms with van der Waals surface area (Å²) in [5.41, 5.74) is 2.93. The summed E-state index contributed by atoms with van der Waals surface area (Å²) < 4.78 is 0. The highest BCUT2D eigenvalue weighted by atomic mass is 16.1. The number of rotatable bonds is 9. The van der Waals surface area contributed by atoms with Gasteiger partial charge in [-0.3, -0.25) is 4.79 Å². The van der Waals surface area contributed by atoms with E-state index in [4.69, 9.17) is 0 Å². The van der Waals surface area contributed by atoms with Crippen LogP contribution in [0.25, 0.3) is 0 Å². The Balaban J connectivity index is 2.43. The molecule has 0 atom stereocenters. The van der Waals surface area contributed by atoms with Crippen molar-refractivity contribution in [3.8, 4) is 0 Å². The molecule has 0 aliphatic heterocycles. The van der Waals surface area contributed by atoms with Crippen LogP contribution in [0.4, 0.5) is 5.69 Å². The lowest BCUT2D eigenvalue weighted by molar-refractivity contribution is 0.0952. The van der Waals surface area contributed by atoms with Crippen molar-refractivity contribution in [1.29, 1.82) is 0 Å². The second-order valence-electron chi connectivity index (χ2n) is 5.20. The van der Waals surface area contributed by atoms with Gasteiger partial charge in [0.1, 0.15) is 0 Å². The molecule has 1 rings (SSSR count). The fraction of sp³-hybridized carbons (Fsp3) is 0.588. The molecule has 1 aromatic carbocycles. The molecule has 4 heteroatoms. The Kier molecular flexibility index (Phi) is 7.83. The van der Waals surface area contributed by atoms with Gasteiger partial charge in [-0.05, 0) is 63.7 Å². The first-order chi connectivity index (χ1) is 10.1. The smallest absolute Gasteiger partial charge is 0.251 e. The molecular formula is C17H29N3O. The summed E-state index contributed by atoms with van der Waals surface area (Å²) in [6.45, 7) is 13.2. The van der Waals surface area contributed by atoms with Gasteiger partial charge in [-0.25, -0.2) is 0 Å². The SMILES string of the molecule is CCNc1ccc(C(=O)NCCCN(CC)CC)cc1C. The summed E-state index contributed by atoms with van der Waals surface area (Å²) in [6.07, 6.45) is 0.988. The molecule has 0 saturated carbocycles. The fourth-order valence-corrected chi connectivity index (χ4v) is 2.34. The molecule has 0 heterocycles. The third-order valence-electron chi connectivity index (χ3n) is 3.69. The van der Waals surface area contributed by atoms with Gasteiger partial charge in [-0.1, -0.05) is 13.8 Å². The number of hydrogen-bond acceptors (Lipinski definition) is 3. The maximum atomic E-state index is 12.1. The van der Waals surface area contributed by atoms with E-state index in [0.29, 0.717) is 0 Å². The average molecular weight is 291 g/mol. The summed E-state index contributed by atoms with van der Waals surface area (Å²) in [7, 11) is 0. The Bertz CT molecular complexity index is 442. The number of nitrogens with one attached hydrogen (secondary N) is 2. The van der Waals surface area contributed by atoms with Crippen molar-refractivity contribution in [2.24, 2.45) is 0 Å². The van der Waals surface area contributed by atoms with Crippen molar-refractivity contribution >= 4 is 11.6 Å². The molecule has 118 valence electrons. The Morgan fingerprint density at radius 3 is 2.48 bits per heavy atom. The maximum Gasteiger partial charge on any atom is 0.251 e.